The van der Waals surface area contributed by atoms with Gasteiger partial charge in [0.05, 0.1) is 17.2 Å². The van der Waals surface area contributed by atoms with E-state index in [2.05, 4.69) is 21.2 Å². The molecule has 8 nitrogen and oxygen atoms in total. The largest absolute Gasteiger partial charge is 0.494 e. The van der Waals surface area contributed by atoms with Gasteiger partial charge in [0, 0.05) is 29.0 Å². The summed E-state index contributed by atoms with van der Waals surface area (Å²) in [6.07, 6.45) is 0.959. The molecule has 0 fully saturated rings. The molecule has 4 aromatic rings. The number of nitrogens with one attached hydrogen (secondary N) is 1. The van der Waals surface area contributed by atoms with Crippen LogP contribution in [0.1, 0.15) is 31.4 Å². The lowest BCUT2D eigenvalue weighted by atomic mass is 10.0. The predicted octanol–water partition coefficient (Wildman–Crippen LogP) is 6.86. The van der Waals surface area contributed by atoms with Gasteiger partial charge in [0.2, 0.25) is 11.8 Å². The highest BCUT2D eigenvalue weighted by molar-refractivity contribution is 9.10. The molecule has 11 heteroatoms. The predicted molar refractivity (Wildman–Crippen MR) is 186 cm³/mol. The van der Waals surface area contributed by atoms with Crippen LogP contribution in [0.15, 0.2) is 112 Å². The Hall–Kier alpha value is -3.86. The van der Waals surface area contributed by atoms with Gasteiger partial charge in [-0.25, -0.2) is 8.42 Å². The number of carbonyl (C=O) groups excluding carboxylic acids is 2. The van der Waals surface area contributed by atoms with Gasteiger partial charge in [0.25, 0.3) is 10.0 Å². The molecule has 1 N–H and O–H groups in total. The minimum atomic E-state index is -4.24. The van der Waals surface area contributed by atoms with Crippen LogP contribution in [0.25, 0.3) is 0 Å². The van der Waals surface area contributed by atoms with Crippen molar-refractivity contribution in [2.24, 2.45) is 0 Å². The molecule has 0 heterocycles. The molecular weight excluding hydrogens is 690 g/mol. The summed E-state index contributed by atoms with van der Waals surface area (Å²) < 4.78 is 35.8. The van der Waals surface area contributed by atoms with Crippen LogP contribution in [0.4, 0.5) is 5.69 Å². The fraction of sp³-hybridized carbons (Fsp3) is 0.257. The lowest BCUT2D eigenvalue weighted by Crippen LogP contribution is -2.53. The number of hydrogen-bond donors (Lipinski definition) is 1. The number of ether oxygens (including phenoxy) is 1. The zero-order chi connectivity index (χ0) is 33.1. The first kappa shape index (κ1) is 35.0. The Bertz CT molecular complexity index is 1690. The van der Waals surface area contributed by atoms with E-state index >= 15 is 0 Å². The average molecular weight is 727 g/mol. The summed E-state index contributed by atoms with van der Waals surface area (Å²) in [7, 11) is -4.24. The molecule has 0 aromatic heterocycles. The van der Waals surface area contributed by atoms with E-state index in [1.807, 2.05) is 68.4 Å². The monoisotopic (exact) mass is 725 g/mol. The Morgan fingerprint density at radius 3 is 2.13 bits per heavy atom. The molecule has 46 heavy (non-hydrogen) atoms. The number of amides is 2. The van der Waals surface area contributed by atoms with Crippen LogP contribution in [0, 0.1) is 0 Å². The number of rotatable bonds is 15. The van der Waals surface area contributed by atoms with Crippen molar-refractivity contribution < 1.29 is 22.7 Å². The van der Waals surface area contributed by atoms with Crippen LogP contribution in [-0.4, -0.2) is 50.9 Å². The molecule has 0 aliphatic heterocycles. The van der Waals surface area contributed by atoms with Crippen molar-refractivity contribution in [1.29, 1.82) is 0 Å². The van der Waals surface area contributed by atoms with Crippen LogP contribution in [0.2, 0.25) is 5.02 Å². The topological polar surface area (TPSA) is 96.0 Å². The SMILES string of the molecule is CCCNC(=O)[C@H](Cc1ccccc1)N(Cc1ccc(Br)cc1)C(=O)CN(c1ccc(OCC)cc1)S(=O)(=O)c1ccc(Cl)cc1. The molecule has 242 valence electrons. The van der Waals surface area contributed by atoms with E-state index in [9.17, 15) is 18.0 Å². The number of hydrogen-bond acceptors (Lipinski definition) is 5. The zero-order valence-corrected chi connectivity index (χ0v) is 28.9. The fourth-order valence-electron chi connectivity index (χ4n) is 4.84. The van der Waals surface area contributed by atoms with Crippen molar-refractivity contribution >= 4 is 55.1 Å². The van der Waals surface area contributed by atoms with Gasteiger partial charge < -0.3 is 15.0 Å². The molecule has 0 unspecified atom stereocenters. The van der Waals surface area contributed by atoms with Gasteiger partial charge in [-0.15, -0.1) is 0 Å². The van der Waals surface area contributed by atoms with Crippen LogP contribution >= 0.6 is 27.5 Å². The van der Waals surface area contributed by atoms with Crippen molar-refractivity contribution in [3.8, 4) is 5.75 Å². The average Bonchev–Trinajstić information content (AvgIpc) is 3.06. The van der Waals surface area contributed by atoms with Crippen LogP contribution < -0.4 is 14.4 Å². The molecular formula is C35H37BrClN3O5S. The van der Waals surface area contributed by atoms with Gasteiger partial charge >= 0.3 is 0 Å². The van der Waals surface area contributed by atoms with E-state index in [-0.39, 0.29) is 29.5 Å². The van der Waals surface area contributed by atoms with Crippen LogP contribution in [0.3, 0.4) is 0 Å². The molecule has 0 saturated carbocycles. The zero-order valence-electron chi connectivity index (χ0n) is 25.7. The van der Waals surface area contributed by atoms with Gasteiger partial charge in [0.1, 0.15) is 18.3 Å². The lowest BCUT2D eigenvalue weighted by Gasteiger charge is -2.34. The van der Waals surface area contributed by atoms with Gasteiger partial charge in [-0.1, -0.05) is 76.9 Å². The Balaban J connectivity index is 1.79. The quantitative estimate of drug-likeness (QED) is 0.145. The minimum Gasteiger partial charge on any atom is -0.494 e. The summed E-state index contributed by atoms with van der Waals surface area (Å²) in [5, 5.41) is 3.33. The van der Waals surface area contributed by atoms with E-state index < -0.39 is 28.5 Å². The van der Waals surface area contributed by atoms with E-state index in [4.69, 9.17) is 16.3 Å². The maximum atomic E-state index is 14.5. The van der Waals surface area contributed by atoms with E-state index in [1.54, 1.807) is 24.3 Å². The molecule has 0 saturated heterocycles. The van der Waals surface area contributed by atoms with Gasteiger partial charge in [-0.2, -0.15) is 0 Å². The van der Waals surface area contributed by atoms with Gasteiger partial charge in [-0.3, -0.25) is 13.9 Å². The first-order chi connectivity index (χ1) is 22.1. The summed E-state index contributed by atoms with van der Waals surface area (Å²) >= 11 is 9.51. The highest BCUT2D eigenvalue weighted by Gasteiger charge is 2.34. The molecule has 1 atom stereocenters. The maximum Gasteiger partial charge on any atom is 0.264 e. The number of sulfonamides is 1. The number of benzene rings is 4. The third kappa shape index (κ3) is 9.34. The van der Waals surface area contributed by atoms with Crippen LogP contribution in [0.5, 0.6) is 5.75 Å². The lowest BCUT2D eigenvalue weighted by molar-refractivity contribution is -0.140. The number of anilines is 1. The molecule has 0 radical (unpaired) electrons. The number of carbonyl (C=O) groups is 2. The third-order valence-electron chi connectivity index (χ3n) is 7.20. The highest BCUT2D eigenvalue weighted by atomic mass is 79.9. The number of nitrogens with zero attached hydrogens (tertiary/aromatic N) is 2. The molecule has 2 amide bonds. The molecule has 0 bridgehead atoms. The van der Waals surface area contributed by atoms with E-state index in [0.29, 0.717) is 23.9 Å². The second-order valence-corrected chi connectivity index (χ2v) is 13.8. The van der Waals surface area contributed by atoms with Crippen molar-refractivity contribution in [3.05, 3.63) is 124 Å². The summed E-state index contributed by atoms with van der Waals surface area (Å²) in [6, 6.07) is 28.3. The summed E-state index contributed by atoms with van der Waals surface area (Å²) in [5.41, 5.74) is 1.92. The van der Waals surface area contributed by atoms with Gasteiger partial charge in [-0.05, 0) is 85.1 Å². The molecule has 4 rings (SSSR count). The van der Waals surface area contributed by atoms with Crippen molar-refractivity contribution in [2.75, 3.05) is 24.0 Å². The van der Waals surface area contributed by atoms with Crippen molar-refractivity contribution in [3.63, 3.8) is 0 Å². The maximum absolute atomic E-state index is 14.5. The molecule has 0 aliphatic rings. The fourth-order valence-corrected chi connectivity index (χ4v) is 6.65. The van der Waals surface area contributed by atoms with E-state index in [0.717, 1.165) is 26.3 Å². The van der Waals surface area contributed by atoms with E-state index in [1.165, 1.54) is 29.2 Å². The first-order valence-electron chi connectivity index (χ1n) is 15.0. The molecule has 0 spiro atoms. The summed E-state index contributed by atoms with van der Waals surface area (Å²) in [4.78, 5) is 29.7. The molecule has 0 aliphatic carbocycles. The van der Waals surface area contributed by atoms with Crippen LogP contribution in [-0.2, 0) is 32.6 Å². The Morgan fingerprint density at radius 1 is 0.870 bits per heavy atom. The Labute approximate surface area is 284 Å². The summed E-state index contributed by atoms with van der Waals surface area (Å²) in [5.74, 6) is -0.292. The van der Waals surface area contributed by atoms with Gasteiger partial charge in [0.15, 0.2) is 0 Å². The second kappa shape index (κ2) is 16.6. The summed E-state index contributed by atoms with van der Waals surface area (Å²) in [6.45, 7) is 4.22. The Kier molecular flexibility index (Phi) is 12.7. The molecule has 4 aromatic carbocycles. The normalized spacial score (nSPS) is 11.8. The Morgan fingerprint density at radius 2 is 1.52 bits per heavy atom. The third-order valence-corrected chi connectivity index (χ3v) is 9.77. The number of halogens is 2. The highest BCUT2D eigenvalue weighted by Crippen LogP contribution is 2.28. The minimum absolute atomic E-state index is 0.0282. The standard InChI is InChI=1S/C35H37BrClN3O5S/c1-3-22-38-35(42)33(23-26-8-6-5-7-9-26)39(24-27-10-12-28(36)13-11-27)34(41)25-40(30-16-18-31(19-17-30)45-4-2)46(43,44)32-20-14-29(37)15-21-32/h5-21,33H,3-4,22-25H2,1-2H3,(H,38,42)/t33-/m0/s1. The first-order valence-corrected chi connectivity index (χ1v) is 17.6. The van der Waals surface area contributed by atoms with Crippen molar-refractivity contribution in [2.45, 2.75) is 44.2 Å². The smallest absolute Gasteiger partial charge is 0.264 e. The van der Waals surface area contributed by atoms with Crippen molar-refractivity contribution in [1.82, 2.24) is 10.2 Å². The second-order valence-electron chi connectivity index (χ2n) is 10.5.